The molecule has 1 amide bonds. The Bertz CT molecular complexity index is 1210. The number of para-hydroxylation sites is 1. The largest absolute Gasteiger partial charge is 0.301 e. The molecule has 30 heavy (non-hydrogen) atoms. The van der Waals surface area contributed by atoms with Crippen molar-refractivity contribution >= 4 is 23.4 Å². The normalized spacial score (nSPS) is 15.4. The Morgan fingerprint density at radius 1 is 1.17 bits per heavy atom. The van der Waals surface area contributed by atoms with Gasteiger partial charge >= 0.3 is 0 Å². The van der Waals surface area contributed by atoms with Crippen molar-refractivity contribution in [3.63, 3.8) is 0 Å². The summed E-state index contributed by atoms with van der Waals surface area (Å²) in [5, 5.41) is 13.6. The van der Waals surface area contributed by atoms with Gasteiger partial charge in [0.1, 0.15) is 18.2 Å². The van der Waals surface area contributed by atoms with Crippen molar-refractivity contribution in [2.24, 2.45) is 0 Å². The number of thioether (sulfide) groups is 1. The fourth-order valence-electron chi connectivity index (χ4n) is 3.63. The summed E-state index contributed by atoms with van der Waals surface area (Å²) in [4.78, 5) is 29.0. The highest BCUT2D eigenvalue weighted by molar-refractivity contribution is 7.99. The summed E-state index contributed by atoms with van der Waals surface area (Å²) in [5.41, 5.74) is 2.46. The van der Waals surface area contributed by atoms with E-state index in [-0.39, 0.29) is 24.1 Å². The summed E-state index contributed by atoms with van der Waals surface area (Å²) in [6, 6.07) is 19.4. The third-order valence-electron chi connectivity index (χ3n) is 5.32. The van der Waals surface area contributed by atoms with Crippen LogP contribution < -0.4 is 10.5 Å². The fourth-order valence-corrected chi connectivity index (χ4v) is 4.80. The van der Waals surface area contributed by atoms with Crippen LogP contribution in [0.4, 0.5) is 5.69 Å². The van der Waals surface area contributed by atoms with Gasteiger partial charge in [-0.05, 0) is 37.1 Å². The maximum atomic E-state index is 13.5. The van der Waals surface area contributed by atoms with Crippen molar-refractivity contribution < 1.29 is 4.79 Å². The van der Waals surface area contributed by atoms with Crippen LogP contribution in [-0.2, 0) is 11.3 Å². The van der Waals surface area contributed by atoms with E-state index in [2.05, 4.69) is 5.10 Å². The first kappa shape index (κ1) is 19.9. The number of carbonyl (C=O) groups is 1. The number of carbonyl (C=O) groups excluding carboxylic acids is 1. The van der Waals surface area contributed by atoms with E-state index in [1.165, 1.54) is 0 Å². The van der Waals surface area contributed by atoms with Crippen LogP contribution >= 0.6 is 11.8 Å². The molecule has 0 aliphatic carbocycles. The van der Waals surface area contributed by atoms with E-state index in [0.717, 1.165) is 20.8 Å². The maximum absolute atomic E-state index is 13.5. The van der Waals surface area contributed by atoms with E-state index >= 15 is 0 Å². The van der Waals surface area contributed by atoms with Crippen molar-refractivity contribution in [1.29, 1.82) is 5.26 Å². The second kappa shape index (κ2) is 8.17. The highest BCUT2D eigenvalue weighted by Crippen LogP contribution is 2.43. The number of benzene rings is 2. The van der Waals surface area contributed by atoms with E-state index in [1.54, 1.807) is 30.5 Å². The van der Waals surface area contributed by atoms with E-state index in [9.17, 15) is 14.9 Å². The zero-order valence-electron chi connectivity index (χ0n) is 16.7. The van der Waals surface area contributed by atoms with Gasteiger partial charge in [0.05, 0.1) is 17.4 Å². The van der Waals surface area contributed by atoms with Gasteiger partial charge in [-0.1, -0.05) is 42.5 Å². The number of hydrogen-bond donors (Lipinski definition) is 0. The molecule has 0 saturated carbocycles. The molecule has 0 saturated heterocycles. The Morgan fingerprint density at radius 2 is 1.87 bits per heavy atom. The molecule has 2 aromatic carbocycles. The summed E-state index contributed by atoms with van der Waals surface area (Å²) in [6.07, 6.45) is 0. The number of hydrogen-bond acceptors (Lipinski definition) is 5. The number of anilines is 1. The number of nitrogens with zero attached hydrogens (tertiary/aromatic N) is 4. The van der Waals surface area contributed by atoms with Gasteiger partial charge in [-0.2, -0.15) is 10.4 Å². The molecule has 150 valence electrons. The first-order valence-electron chi connectivity index (χ1n) is 9.58. The van der Waals surface area contributed by atoms with Gasteiger partial charge in [0.2, 0.25) is 5.91 Å². The van der Waals surface area contributed by atoms with Crippen LogP contribution in [0.5, 0.6) is 0 Å². The molecule has 2 heterocycles. The molecule has 3 aromatic rings. The number of aryl methyl sites for hydroxylation is 1. The molecule has 1 aliphatic heterocycles. The lowest BCUT2D eigenvalue weighted by molar-refractivity contribution is -0.119. The summed E-state index contributed by atoms with van der Waals surface area (Å²) in [6.45, 7) is 3.20. The standard InChI is InChI=1S/C23H20N4O2S/c1-15-16(2)25-26(23(29)18(15)12-24)13-22(28)27-19-10-6-7-11-21(19)30-14-20(27)17-8-4-3-5-9-17/h3-11,20H,13-14H2,1-2H3/t20-/m1/s1. The van der Waals surface area contributed by atoms with Crippen molar-refractivity contribution in [2.75, 3.05) is 10.7 Å². The fraction of sp³-hybridized carbons (Fsp3) is 0.217. The molecule has 4 rings (SSSR count). The summed E-state index contributed by atoms with van der Waals surface area (Å²) >= 11 is 1.71. The van der Waals surface area contributed by atoms with Crippen molar-refractivity contribution in [1.82, 2.24) is 9.78 Å². The number of fused-ring (bicyclic) bond motifs is 1. The van der Waals surface area contributed by atoms with Crippen molar-refractivity contribution in [3.8, 4) is 6.07 Å². The molecule has 0 N–H and O–H groups in total. The minimum Gasteiger partial charge on any atom is -0.301 e. The Balaban J connectivity index is 1.77. The molecule has 7 heteroatoms. The summed E-state index contributed by atoms with van der Waals surface area (Å²) in [5.74, 6) is 0.476. The highest BCUT2D eigenvalue weighted by atomic mass is 32.2. The Kier molecular flexibility index (Phi) is 5.42. The lowest BCUT2D eigenvalue weighted by Gasteiger charge is -2.37. The minimum absolute atomic E-state index is 0.0320. The van der Waals surface area contributed by atoms with Crippen LogP contribution in [0.1, 0.15) is 28.4 Å². The Hall–Kier alpha value is -3.37. The molecule has 1 aromatic heterocycles. The van der Waals surface area contributed by atoms with Crippen molar-refractivity contribution in [3.05, 3.63) is 87.3 Å². The molecule has 0 fully saturated rings. The van der Waals surface area contributed by atoms with E-state index in [4.69, 9.17) is 0 Å². The zero-order valence-corrected chi connectivity index (χ0v) is 17.5. The lowest BCUT2D eigenvalue weighted by Crippen LogP contribution is -2.43. The van der Waals surface area contributed by atoms with Gasteiger partial charge in [-0.15, -0.1) is 11.8 Å². The first-order chi connectivity index (χ1) is 14.5. The van der Waals surface area contributed by atoms with Crippen LogP contribution in [0.15, 0.2) is 64.3 Å². The molecule has 0 unspecified atom stereocenters. The third kappa shape index (κ3) is 3.51. The molecule has 6 nitrogen and oxygen atoms in total. The average Bonchev–Trinajstić information content (AvgIpc) is 2.77. The molecule has 1 aliphatic rings. The molecule has 0 bridgehead atoms. The van der Waals surface area contributed by atoms with Crippen molar-refractivity contribution in [2.45, 2.75) is 31.3 Å². The number of amides is 1. The van der Waals surface area contributed by atoms with Gasteiger partial charge in [0.25, 0.3) is 5.56 Å². The topological polar surface area (TPSA) is 79.0 Å². The van der Waals surface area contributed by atoms with Crippen LogP contribution in [0, 0.1) is 25.2 Å². The van der Waals surface area contributed by atoms with Gasteiger partial charge in [0.15, 0.2) is 0 Å². The molecule has 0 radical (unpaired) electrons. The average molecular weight is 417 g/mol. The molecular formula is C23H20N4O2S. The Morgan fingerprint density at radius 3 is 2.60 bits per heavy atom. The second-order valence-corrected chi connectivity index (χ2v) is 8.19. The van der Waals surface area contributed by atoms with E-state index in [0.29, 0.717) is 17.0 Å². The second-order valence-electron chi connectivity index (χ2n) is 7.13. The predicted octanol–water partition coefficient (Wildman–Crippen LogP) is 3.61. The highest BCUT2D eigenvalue weighted by Gasteiger charge is 2.33. The van der Waals surface area contributed by atoms with E-state index < -0.39 is 5.56 Å². The number of aromatic nitrogens is 2. The SMILES string of the molecule is Cc1nn(CC(=O)N2c3ccccc3SC[C@@H]2c2ccccc2)c(=O)c(C#N)c1C. The van der Waals surface area contributed by atoms with Crippen LogP contribution in [-0.4, -0.2) is 21.4 Å². The molecule has 1 atom stereocenters. The van der Waals surface area contributed by atoms with Crippen LogP contribution in [0.25, 0.3) is 0 Å². The minimum atomic E-state index is -0.537. The molecular weight excluding hydrogens is 396 g/mol. The van der Waals surface area contributed by atoms with E-state index in [1.807, 2.05) is 60.7 Å². The summed E-state index contributed by atoms with van der Waals surface area (Å²) in [7, 11) is 0. The van der Waals surface area contributed by atoms with Gasteiger partial charge in [-0.25, -0.2) is 4.68 Å². The summed E-state index contributed by atoms with van der Waals surface area (Å²) < 4.78 is 1.11. The maximum Gasteiger partial charge on any atom is 0.285 e. The Labute approximate surface area is 178 Å². The molecule has 0 spiro atoms. The predicted molar refractivity (Wildman–Crippen MR) is 117 cm³/mol. The zero-order chi connectivity index (χ0) is 21.3. The third-order valence-corrected chi connectivity index (χ3v) is 6.46. The van der Waals surface area contributed by atoms with Crippen LogP contribution in [0.2, 0.25) is 0 Å². The van der Waals surface area contributed by atoms with Gasteiger partial charge < -0.3 is 4.90 Å². The quantitative estimate of drug-likeness (QED) is 0.652. The smallest absolute Gasteiger partial charge is 0.285 e. The number of rotatable bonds is 3. The monoisotopic (exact) mass is 416 g/mol. The van der Waals surface area contributed by atoms with Gasteiger partial charge in [-0.3, -0.25) is 9.59 Å². The first-order valence-corrected chi connectivity index (χ1v) is 10.6. The lowest BCUT2D eigenvalue weighted by atomic mass is 10.1. The number of nitriles is 1. The van der Waals surface area contributed by atoms with Crippen LogP contribution in [0.3, 0.4) is 0 Å². The van der Waals surface area contributed by atoms with Gasteiger partial charge in [0, 0.05) is 10.6 Å².